The molecule has 0 N–H and O–H groups in total. The highest BCUT2D eigenvalue weighted by molar-refractivity contribution is 7.84. The van der Waals surface area contributed by atoms with Gasteiger partial charge < -0.3 is 0 Å². The molecule has 0 amide bonds. The van der Waals surface area contributed by atoms with Gasteiger partial charge in [0.15, 0.2) is 5.82 Å². The number of benzene rings is 2. The summed E-state index contributed by atoms with van der Waals surface area (Å²) in [5.74, 6) is 0.165. The topological polar surface area (TPSA) is 60.7 Å². The molecular weight excluding hydrogens is 291 g/mol. The third kappa shape index (κ3) is 3.03. The summed E-state index contributed by atoms with van der Waals surface area (Å²) in [6.45, 7) is 0. The molecule has 0 saturated heterocycles. The van der Waals surface area contributed by atoms with Gasteiger partial charge in [0.05, 0.1) is 22.2 Å². The molecule has 5 nitrogen and oxygen atoms in total. The van der Waals surface area contributed by atoms with Crippen LogP contribution in [0.4, 0.5) is 4.39 Å². The van der Waals surface area contributed by atoms with Crippen molar-refractivity contribution in [1.29, 1.82) is 0 Å². The molecule has 0 saturated carbocycles. The fraction of sp³-hybridized carbons (Fsp3) is 0.0714. The molecule has 0 unspecified atom stereocenters. The maximum absolute atomic E-state index is 13.2. The molecule has 21 heavy (non-hydrogen) atoms. The molecule has 0 fully saturated rings. The number of nitrogens with zero attached hydrogens (tertiary/aromatic N) is 4. The van der Waals surface area contributed by atoms with Gasteiger partial charge in [0.1, 0.15) is 5.82 Å². The summed E-state index contributed by atoms with van der Waals surface area (Å²) in [5, 5.41) is 11.4. The second kappa shape index (κ2) is 5.92. The van der Waals surface area contributed by atoms with Gasteiger partial charge in [0.25, 0.3) is 0 Å². The van der Waals surface area contributed by atoms with Crippen molar-refractivity contribution in [2.24, 2.45) is 0 Å². The van der Waals surface area contributed by atoms with E-state index in [9.17, 15) is 8.60 Å². The Hall–Kier alpha value is -2.41. The van der Waals surface area contributed by atoms with E-state index in [-0.39, 0.29) is 5.75 Å². The Kier molecular flexibility index (Phi) is 3.83. The minimum atomic E-state index is -1.41. The van der Waals surface area contributed by atoms with E-state index < -0.39 is 16.6 Å². The summed E-state index contributed by atoms with van der Waals surface area (Å²) in [4.78, 5) is 0.414. The average Bonchev–Trinajstić information content (AvgIpc) is 2.96. The summed E-state index contributed by atoms with van der Waals surface area (Å²) >= 11 is 0. The number of hydrogen-bond donors (Lipinski definition) is 0. The molecule has 0 spiro atoms. The van der Waals surface area contributed by atoms with Crippen LogP contribution in [0.5, 0.6) is 0 Å². The fourth-order valence-corrected chi connectivity index (χ4v) is 2.93. The zero-order chi connectivity index (χ0) is 14.7. The Balaban J connectivity index is 1.87. The smallest absolute Gasteiger partial charge is 0.169 e. The van der Waals surface area contributed by atoms with Gasteiger partial charge in [0.2, 0.25) is 0 Å². The van der Waals surface area contributed by atoms with Crippen molar-refractivity contribution in [2.75, 3.05) is 0 Å². The van der Waals surface area contributed by atoms with Crippen LogP contribution in [-0.2, 0) is 16.6 Å². The van der Waals surface area contributed by atoms with Crippen LogP contribution in [0, 0.1) is 5.82 Å². The summed E-state index contributed by atoms with van der Waals surface area (Å²) in [5.41, 5.74) is 0.786. The van der Waals surface area contributed by atoms with Gasteiger partial charge in [-0.2, -0.15) is 4.68 Å². The lowest BCUT2D eigenvalue weighted by Gasteiger charge is -2.04. The molecule has 106 valence electrons. The summed E-state index contributed by atoms with van der Waals surface area (Å²) in [6, 6.07) is 15.0. The summed E-state index contributed by atoms with van der Waals surface area (Å²) in [6.07, 6.45) is 0. The van der Waals surface area contributed by atoms with Crippen LogP contribution in [0.3, 0.4) is 0 Å². The van der Waals surface area contributed by atoms with Crippen LogP contribution in [0.15, 0.2) is 59.5 Å². The highest BCUT2D eigenvalue weighted by Gasteiger charge is 2.13. The van der Waals surface area contributed by atoms with E-state index in [0.29, 0.717) is 10.7 Å². The molecule has 0 bridgehead atoms. The maximum atomic E-state index is 13.2. The summed E-state index contributed by atoms with van der Waals surface area (Å²) in [7, 11) is -1.41. The lowest BCUT2D eigenvalue weighted by molar-refractivity contribution is 0.622. The zero-order valence-electron chi connectivity index (χ0n) is 10.9. The quantitative estimate of drug-likeness (QED) is 0.740. The average molecular weight is 302 g/mol. The Bertz CT molecular complexity index is 775. The van der Waals surface area contributed by atoms with Crippen molar-refractivity contribution >= 4 is 10.8 Å². The number of hydrogen-bond acceptors (Lipinski definition) is 4. The Morgan fingerprint density at radius 2 is 1.90 bits per heavy atom. The predicted octanol–water partition coefficient (Wildman–Crippen LogP) is 2.11. The molecule has 0 radical (unpaired) electrons. The fourth-order valence-electron chi connectivity index (χ4n) is 1.87. The van der Waals surface area contributed by atoms with Gasteiger partial charge >= 0.3 is 0 Å². The molecule has 2 aromatic carbocycles. The first-order valence-corrected chi connectivity index (χ1v) is 7.52. The molecule has 0 aliphatic rings. The van der Waals surface area contributed by atoms with Gasteiger partial charge in [-0.25, -0.2) is 4.39 Å². The SMILES string of the molecule is O=[S@](Cc1nnnn1-c1ccccc1)c1cccc(F)c1. The number of halogens is 1. The van der Waals surface area contributed by atoms with Crippen molar-refractivity contribution in [1.82, 2.24) is 20.2 Å². The predicted molar refractivity (Wildman–Crippen MR) is 75.7 cm³/mol. The van der Waals surface area contributed by atoms with Crippen molar-refractivity contribution in [3.63, 3.8) is 0 Å². The van der Waals surface area contributed by atoms with Crippen LogP contribution in [0.2, 0.25) is 0 Å². The second-order valence-electron chi connectivity index (χ2n) is 4.29. The normalized spacial score (nSPS) is 12.2. The van der Waals surface area contributed by atoms with E-state index in [0.717, 1.165) is 5.69 Å². The molecule has 0 aliphatic carbocycles. The minimum Gasteiger partial charge on any atom is -0.254 e. The molecule has 0 aliphatic heterocycles. The van der Waals surface area contributed by atoms with Crippen LogP contribution >= 0.6 is 0 Å². The lowest BCUT2D eigenvalue weighted by atomic mass is 10.3. The first-order valence-electron chi connectivity index (χ1n) is 6.20. The first-order chi connectivity index (χ1) is 10.2. The number of rotatable bonds is 4. The monoisotopic (exact) mass is 302 g/mol. The third-order valence-electron chi connectivity index (χ3n) is 2.85. The third-order valence-corrected chi connectivity index (χ3v) is 4.15. The van der Waals surface area contributed by atoms with Gasteiger partial charge in [-0.3, -0.25) is 4.21 Å². The second-order valence-corrected chi connectivity index (χ2v) is 5.74. The molecule has 1 heterocycles. The van der Waals surface area contributed by atoms with Crippen LogP contribution < -0.4 is 0 Å². The molecule has 3 rings (SSSR count). The van der Waals surface area contributed by atoms with E-state index in [4.69, 9.17) is 0 Å². The van der Waals surface area contributed by atoms with Gasteiger partial charge in [-0.1, -0.05) is 24.3 Å². The first kappa shape index (κ1) is 13.6. The van der Waals surface area contributed by atoms with Crippen molar-refractivity contribution < 1.29 is 8.60 Å². The van der Waals surface area contributed by atoms with Gasteiger partial charge in [0, 0.05) is 4.90 Å². The van der Waals surface area contributed by atoms with E-state index in [2.05, 4.69) is 15.5 Å². The van der Waals surface area contributed by atoms with E-state index in [1.807, 2.05) is 30.3 Å². The number of aromatic nitrogens is 4. The van der Waals surface area contributed by atoms with Crippen LogP contribution in [0.1, 0.15) is 5.82 Å². The van der Waals surface area contributed by atoms with E-state index in [1.165, 1.54) is 22.9 Å². The summed E-state index contributed by atoms with van der Waals surface area (Å²) < 4.78 is 27.0. The van der Waals surface area contributed by atoms with Crippen LogP contribution in [-0.4, -0.2) is 24.4 Å². The maximum Gasteiger partial charge on any atom is 0.169 e. The van der Waals surface area contributed by atoms with Gasteiger partial charge in [-0.05, 0) is 40.8 Å². The molecular formula is C14H11FN4OS. The van der Waals surface area contributed by atoms with E-state index in [1.54, 1.807) is 6.07 Å². The highest BCUT2D eigenvalue weighted by atomic mass is 32.2. The molecule has 1 atom stereocenters. The van der Waals surface area contributed by atoms with Crippen molar-refractivity contribution in [3.05, 3.63) is 66.2 Å². The van der Waals surface area contributed by atoms with E-state index >= 15 is 0 Å². The largest absolute Gasteiger partial charge is 0.254 e. The molecule has 7 heteroatoms. The van der Waals surface area contributed by atoms with Gasteiger partial charge in [-0.15, -0.1) is 5.10 Å². The number of para-hydroxylation sites is 1. The number of tetrazole rings is 1. The Morgan fingerprint density at radius 1 is 1.10 bits per heavy atom. The van der Waals surface area contributed by atoms with Crippen LogP contribution in [0.25, 0.3) is 5.69 Å². The zero-order valence-corrected chi connectivity index (χ0v) is 11.7. The molecule has 3 aromatic rings. The Morgan fingerprint density at radius 3 is 2.67 bits per heavy atom. The highest BCUT2D eigenvalue weighted by Crippen LogP contribution is 2.14. The Labute approximate surface area is 122 Å². The minimum absolute atomic E-state index is 0.116. The molecule has 1 aromatic heterocycles. The van der Waals surface area contributed by atoms with Crippen molar-refractivity contribution in [2.45, 2.75) is 10.6 Å². The standard InChI is InChI=1S/C14H11FN4OS/c15-11-5-4-8-13(9-11)21(20)10-14-16-17-18-19(14)12-6-2-1-3-7-12/h1-9H,10H2/t21-/m1/s1. The van der Waals surface area contributed by atoms with Crippen molar-refractivity contribution in [3.8, 4) is 5.69 Å². The lowest BCUT2D eigenvalue weighted by Crippen LogP contribution is -2.06.